The molecule has 20 heavy (non-hydrogen) atoms. The fourth-order valence-corrected chi connectivity index (χ4v) is 3.38. The molecule has 4 heteroatoms. The number of ketones is 1. The molecule has 0 saturated carbocycles. The number of halogens is 1. The molecule has 0 saturated heterocycles. The topological polar surface area (TPSA) is 49.9 Å². The lowest BCUT2D eigenvalue weighted by Crippen LogP contribution is -2.11. The fourth-order valence-electron chi connectivity index (χ4n) is 3.02. The molecule has 0 amide bonds. The number of benzene rings is 1. The van der Waals surface area contributed by atoms with E-state index in [4.69, 9.17) is 0 Å². The number of hydrogen-bond acceptors (Lipinski definition) is 2. The maximum atomic E-state index is 12.6. The second kappa shape index (κ2) is 4.03. The van der Waals surface area contributed by atoms with Crippen LogP contribution < -0.4 is 5.56 Å². The van der Waals surface area contributed by atoms with Crippen molar-refractivity contribution >= 4 is 38.1 Å². The maximum absolute atomic E-state index is 12.6. The van der Waals surface area contributed by atoms with Gasteiger partial charge < -0.3 is 4.98 Å². The van der Waals surface area contributed by atoms with Gasteiger partial charge in [0, 0.05) is 26.4 Å². The average Bonchev–Trinajstić information content (AvgIpc) is 2.73. The van der Waals surface area contributed by atoms with Crippen LogP contribution in [-0.4, -0.2) is 10.8 Å². The Balaban J connectivity index is 2.16. The van der Waals surface area contributed by atoms with Gasteiger partial charge in [-0.1, -0.05) is 28.1 Å². The Bertz CT molecular complexity index is 903. The summed E-state index contributed by atoms with van der Waals surface area (Å²) in [6.07, 6.45) is 5.62. The summed E-state index contributed by atoms with van der Waals surface area (Å²) in [5.74, 6) is 0.0544. The number of Topliss-reactive ketones (excluding diaryl/α,β-unsaturated/α-hetero) is 1. The first-order chi connectivity index (χ1) is 9.66. The van der Waals surface area contributed by atoms with E-state index in [9.17, 15) is 9.59 Å². The molecule has 0 radical (unpaired) electrons. The van der Waals surface area contributed by atoms with Crippen molar-refractivity contribution in [3.8, 4) is 0 Å². The van der Waals surface area contributed by atoms with Gasteiger partial charge in [-0.05, 0) is 31.0 Å². The first-order valence-electron chi connectivity index (χ1n) is 6.47. The third-order valence-electron chi connectivity index (χ3n) is 3.93. The maximum Gasteiger partial charge on any atom is 0.256 e. The second-order valence-corrected chi connectivity index (χ2v) is 5.97. The molecule has 1 aromatic carbocycles. The zero-order valence-electron chi connectivity index (χ0n) is 10.5. The lowest BCUT2D eigenvalue weighted by Gasteiger charge is -2.06. The molecule has 98 valence electrons. The van der Waals surface area contributed by atoms with Crippen molar-refractivity contribution in [2.45, 2.75) is 12.8 Å². The lowest BCUT2D eigenvalue weighted by atomic mass is 9.98. The molecular weight excluding hydrogens is 318 g/mol. The van der Waals surface area contributed by atoms with Crippen molar-refractivity contribution in [1.29, 1.82) is 0 Å². The van der Waals surface area contributed by atoms with Gasteiger partial charge in [0.1, 0.15) is 0 Å². The van der Waals surface area contributed by atoms with Crippen molar-refractivity contribution in [2.75, 3.05) is 0 Å². The highest BCUT2D eigenvalue weighted by molar-refractivity contribution is 9.10. The summed E-state index contributed by atoms with van der Waals surface area (Å²) < 4.78 is 0.867. The van der Waals surface area contributed by atoms with Gasteiger partial charge in [-0.15, -0.1) is 0 Å². The van der Waals surface area contributed by atoms with Crippen LogP contribution in [0.5, 0.6) is 0 Å². The molecule has 0 unspecified atom stereocenters. The van der Waals surface area contributed by atoms with Crippen molar-refractivity contribution in [2.24, 2.45) is 0 Å². The van der Waals surface area contributed by atoms with Crippen LogP contribution in [0.4, 0.5) is 0 Å². The molecule has 0 bridgehead atoms. The SMILES string of the molecule is O=C1C2=C(C=CCC2)c2[nH]c(=O)c3ccc(Br)cc3c21. The highest BCUT2D eigenvalue weighted by Crippen LogP contribution is 2.39. The number of aromatic amines is 1. The predicted octanol–water partition coefficient (Wildman–Crippen LogP) is 3.59. The Kier molecular flexibility index (Phi) is 2.39. The average molecular weight is 328 g/mol. The second-order valence-electron chi connectivity index (χ2n) is 5.06. The first kappa shape index (κ1) is 11.9. The van der Waals surface area contributed by atoms with E-state index in [1.54, 1.807) is 6.07 Å². The van der Waals surface area contributed by atoms with Crippen molar-refractivity contribution < 1.29 is 4.79 Å². The molecule has 0 fully saturated rings. The Morgan fingerprint density at radius 3 is 2.85 bits per heavy atom. The first-order valence-corrected chi connectivity index (χ1v) is 7.26. The smallest absolute Gasteiger partial charge is 0.256 e. The largest absolute Gasteiger partial charge is 0.321 e. The van der Waals surface area contributed by atoms with E-state index < -0.39 is 0 Å². The summed E-state index contributed by atoms with van der Waals surface area (Å²) in [4.78, 5) is 27.7. The molecule has 0 aliphatic heterocycles. The molecule has 3 nitrogen and oxygen atoms in total. The minimum atomic E-state index is -0.147. The van der Waals surface area contributed by atoms with Gasteiger partial charge in [0.2, 0.25) is 0 Å². The van der Waals surface area contributed by atoms with E-state index in [1.165, 1.54) is 0 Å². The molecule has 2 aliphatic carbocycles. The summed E-state index contributed by atoms with van der Waals surface area (Å²) in [6, 6.07) is 5.42. The Morgan fingerprint density at radius 1 is 1.15 bits per heavy atom. The van der Waals surface area contributed by atoms with Crippen LogP contribution >= 0.6 is 15.9 Å². The molecule has 1 N–H and O–H groups in total. The Labute approximate surface area is 123 Å². The van der Waals surface area contributed by atoms with Crippen LogP contribution in [0.3, 0.4) is 0 Å². The summed E-state index contributed by atoms with van der Waals surface area (Å²) in [6.45, 7) is 0. The van der Waals surface area contributed by atoms with Crippen LogP contribution in [0.25, 0.3) is 16.3 Å². The van der Waals surface area contributed by atoms with Crippen LogP contribution in [0.15, 0.2) is 45.2 Å². The van der Waals surface area contributed by atoms with E-state index in [0.717, 1.165) is 33.8 Å². The summed E-state index contributed by atoms with van der Waals surface area (Å²) in [5.41, 5.74) is 2.88. The standard InChI is InChI=1S/C16H10BrNO2/c17-8-5-6-11-12(7-8)13-14(18-16(11)20)9-3-1-2-4-10(9)15(13)19/h1,3,5-7H,2,4H2,(H,18,20). The minimum Gasteiger partial charge on any atom is -0.321 e. The molecule has 1 aromatic heterocycles. The van der Waals surface area contributed by atoms with E-state index in [1.807, 2.05) is 24.3 Å². The number of allylic oxidation sites excluding steroid dienone is 4. The predicted molar refractivity (Wildman–Crippen MR) is 81.9 cm³/mol. The van der Waals surface area contributed by atoms with Crippen LogP contribution in [0.1, 0.15) is 28.9 Å². The van der Waals surface area contributed by atoms with Gasteiger partial charge in [-0.3, -0.25) is 9.59 Å². The summed E-state index contributed by atoms with van der Waals surface area (Å²) >= 11 is 3.41. The van der Waals surface area contributed by atoms with Crippen molar-refractivity contribution in [3.05, 3.63) is 62.0 Å². The third-order valence-corrected chi connectivity index (χ3v) is 4.42. The van der Waals surface area contributed by atoms with Gasteiger partial charge in [0.05, 0.1) is 11.3 Å². The number of pyridine rings is 1. The molecular formula is C16H10BrNO2. The number of rotatable bonds is 0. The van der Waals surface area contributed by atoms with E-state index >= 15 is 0 Å². The Morgan fingerprint density at radius 2 is 2.00 bits per heavy atom. The fraction of sp³-hybridized carbons (Fsp3) is 0.125. The summed E-state index contributed by atoms with van der Waals surface area (Å²) in [5, 5.41) is 1.29. The van der Waals surface area contributed by atoms with Crippen LogP contribution in [0.2, 0.25) is 0 Å². The van der Waals surface area contributed by atoms with Crippen LogP contribution in [0, 0.1) is 0 Å². The quantitative estimate of drug-likeness (QED) is 0.803. The molecule has 0 spiro atoms. The molecule has 2 aromatic rings. The normalized spacial score (nSPS) is 16.8. The van der Waals surface area contributed by atoms with E-state index in [0.29, 0.717) is 16.6 Å². The number of carbonyl (C=O) groups is 1. The highest BCUT2D eigenvalue weighted by Gasteiger charge is 2.32. The van der Waals surface area contributed by atoms with Crippen LogP contribution in [-0.2, 0) is 0 Å². The Hall–Kier alpha value is -1.94. The van der Waals surface area contributed by atoms with E-state index in [-0.39, 0.29) is 11.3 Å². The lowest BCUT2D eigenvalue weighted by molar-refractivity contribution is 0.103. The van der Waals surface area contributed by atoms with Crippen molar-refractivity contribution in [1.82, 2.24) is 4.98 Å². The van der Waals surface area contributed by atoms with Gasteiger partial charge >= 0.3 is 0 Å². The van der Waals surface area contributed by atoms with Gasteiger partial charge in [-0.25, -0.2) is 0 Å². The van der Waals surface area contributed by atoms with E-state index in [2.05, 4.69) is 20.9 Å². The van der Waals surface area contributed by atoms with Gasteiger partial charge in [0.25, 0.3) is 5.56 Å². The molecule has 2 aliphatic rings. The monoisotopic (exact) mass is 327 g/mol. The molecule has 4 rings (SSSR count). The van der Waals surface area contributed by atoms with Crippen molar-refractivity contribution in [3.63, 3.8) is 0 Å². The van der Waals surface area contributed by atoms with Gasteiger partial charge in [-0.2, -0.15) is 0 Å². The summed E-state index contributed by atoms with van der Waals surface area (Å²) in [7, 11) is 0. The zero-order valence-corrected chi connectivity index (χ0v) is 12.1. The van der Waals surface area contributed by atoms with Gasteiger partial charge in [0.15, 0.2) is 5.78 Å². The number of nitrogens with one attached hydrogen (secondary N) is 1. The zero-order chi connectivity index (χ0) is 13.9. The minimum absolute atomic E-state index is 0.0544. The third kappa shape index (κ3) is 1.45. The number of carbonyl (C=O) groups excluding carboxylic acids is 1. The molecule has 1 heterocycles. The number of aromatic nitrogens is 1. The highest BCUT2D eigenvalue weighted by atomic mass is 79.9. The number of fused-ring (bicyclic) bond motifs is 4. The number of H-pyrrole nitrogens is 1. The molecule has 0 atom stereocenters. The number of hydrogen-bond donors (Lipinski definition) is 1.